The molecule has 3 saturated carbocycles. The number of primary amides is 1. The van der Waals surface area contributed by atoms with Crippen LogP contribution in [0.25, 0.3) is 16.8 Å². The van der Waals surface area contributed by atoms with Crippen LogP contribution < -0.4 is 10.5 Å². The third-order valence-corrected chi connectivity index (χ3v) is 5.99. The number of hydrogen-bond donors (Lipinski definition) is 1. The maximum absolute atomic E-state index is 11.6. The number of rotatable bonds is 5. The van der Waals surface area contributed by atoms with Crippen LogP contribution in [0.5, 0.6) is 5.88 Å². The standard InChI is InChI=1S/C19H20N6O2/c1-12(16(20)26)18-4-5-19(10-18,11-18)27-17-15-3-6-21-25(15)9-14(23-17)13-7-22-24(2)8-13/h3,6-9H,1,4-5,10-11H2,2H3,(H2,20,26). The molecular formula is C19H20N6O2. The van der Waals surface area contributed by atoms with Crippen molar-refractivity contribution in [2.24, 2.45) is 18.2 Å². The highest BCUT2D eigenvalue weighted by molar-refractivity contribution is 5.93. The van der Waals surface area contributed by atoms with Gasteiger partial charge in [0.2, 0.25) is 11.8 Å². The van der Waals surface area contributed by atoms with Crippen LogP contribution in [0.3, 0.4) is 0 Å². The number of aromatic nitrogens is 5. The topological polar surface area (TPSA) is 100 Å². The van der Waals surface area contributed by atoms with E-state index in [4.69, 9.17) is 15.5 Å². The largest absolute Gasteiger partial charge is 0.469 e. The molecule has 1 amide bonds. The minimum absolute atomic E-state index is 0.205. The summed E-state index contributed by atoms with van der Waals surface area (Å²) >= 11 is 0. The Bertz CT molecular complexity index is 1090. The SMILES string of the molecule is C=C(C(N)=O)C12CCC(Oc3nc(-c4cnn(C)c4)cn4nccc34)(C1)C2. The highest BCUT2D eigenvalue weighted by Gasteiger charge is 2.64. The van der Waals surface area contributed by atoms with Crippen molar-refractivity contribution in [2.75, 3.05) is 0 Å². The van der Waals surface area contributed by atoms with E-state index >= 15 is 0 Å². The number of ether oxygens (including phenoxy) is 1. The molecule has 3 fully saturated rings. The van der Waals surface area contributed by atoms with Crippen LogP contribution in [0.15, 0.2) is 43.0 Å². The summed E-state index contributed by atoms with van der Waals surface area (Å²) in [6.07, 6.45) is 10.5. The van der Waals surface area contributed by atoms with Gasteiger partial charge in [0.25, 0.3) is 0 Å². The zero-order chi connectivity index (χ0) is 18.8. The molecule has 0 radical (unpaired) electrons. The Morgan fingerprint density at radius 2 is 2.11 bits per heavy atom. The summed E-state index contributed by atoms with van der Waals surface area (Å²) in [5.41, 5.74) is 7.91. The van der Waals surface area contributed by atoms with Gasteiger partial charge in [-0.3, -0.25) is 9.48 Å². The summed E-state index contributed by atoms with van der Waals surface area (Å²) in [6.45, 7) is 3.91. The maximum atomic E-state index is 11.6. The van der Waals surface area contributed by atoms with Gasteiger partial charge in [-0.25, -0.2) is 9.50 Å². The van der Waals surface area contributed by atoms with E-state index in [1.54, 1.807) is 21.6 Å². The molecule has 0 aromatic carbocycles. The van der Waals surface area contributed by atoms with Gasteiger partial charge in [0.15, 0.2) is 0 Å². The molecular weight excluding hydrogens is 344 g/mol. The molecule has 3 aliphatic rings. The van der Waals surface area contributed by atoms with Crippen LogP contribution in [-0.2, 0) is 11.8 Å². The van der Waals surface area contributed by atoms with Crippen molar-refractivity contribution in [1.29, 1.82) is 0 Å². The number of amides is 1. The molecule has 2 N–H and O–H groups in total. The van der Waals surface area contributed by atoms with E-state index in [2.05, 4.69) is 16.8 Å². The zero-order valence-corrected chi connectivity index (χ0v) is 15.1. The first-order chi connectivity index (χ1) is 12.9. The Balaban J connectivity index is 1.49. The lowest BCUT2D eigenvalue weighted by atomic mass is 9.63. The average molecular weight is 364 g/mol. The molecule has 0 aliphatic heterocycles. The molecule has 3 heterocycles. The first-order valence-corrected chi connectivity index (χ1v) is 8.91. The maximum Gasteiger partial charge on any atom is 0.244 e. The van der Waals surface area contributed by atoms with Crippen molar-refractivity contribution in [3.8, 4) is 17.1 Å². The minimum atomic E-state index is -0.416. The van der Waals surface area contributed by atoms with Gasteiger partial charge < -0.3 is 10.5 Å². The molecule has 27 heavy (non-hydrogen) atoms. The van der Waals surface area contributed by atoms with Gasteiger partial charge >= 0.3 is 0 Å². The molecule has 0 spiro atoms. The number of carbonyl (C=O) groups is 1. The van der Waals surface area contributed by atoms with Gasteiger partial charge in [-0.2, -0.15) is 10.2 Å². The summed E-state index contributed by atoms with van der Waals surface area (Å²) < 4.78 is 9.93. The monoisotopic (exact) mass is 364 g/mol. The molecule has 8 nitrogen and oxygen atoms in total. The quantitative estimate of drug-likeness (QED) is 0.697. The smallest absolute Gasteiger partial charge is 0.244 e. The number of nitrogens with two attached hydrogens (primary N) is 1. The Morgan fingerprint density at radius 1 is 1.30 bits per heavy atom. The first kappa shape index (κ1) is 16.0. The third-order valence-electron chi connectivity index (χ3n) is 5.99. The van der Waals surface area contributed by atoms with E-state index in [0.717, 1.165) is 42.5 Å². The Hall–Kier alpha value is -3.16. The highest BCUT2D eigenvalue weighted by Crippen LogP contribution is 2.66. The Morgan fingerprint density at radius 3 is 2.81 bits per heavy atom. The van der Waals surface area contributed by atoms with Crippen molar-refractivity contribution in [1.82, 2.24) is 24.4 Å². The molecule has 3 aromatic rings. The first-order valence-electron chi connectivity index (χ1n) is 8.91. The summed E-state index contributed by atoms with van der Waals surface area (Å²) in [6, 6.07) is 1.88. The number of hydrogen-bond acceptors (Lipinski definition) is 5. The van der Waals surface area contributed by atoms with E-state index in [0.29, 0.717) is 11.5 Å². The van der Waals surface area contributed by atoms with E-state index in [9.17, 15) is 4.79 Å². The number of aryl methyl sites for hydroxylation is 1. The molecule has 3 aromatic heterocycles. The lowest BCUT2D eigenvalue weighted by Gasteiger charge is -2.47. The minimum Gasteiger partial charge on any atom is -0.469 e. The molecule has 6 rings (SSSR count). The predicted molar refractivity (Wildman–Crippen MR) is 97.8 cm³/mol. The van der Waals surface area contributed by atoms with E-state index in [1.165, 1.54) is 0 Å². The van der Waals surface area contributed by atoms with Crippen molar-refractivity contribution in [3.05, 3.63) is 43.0 Å². The lowest BCUT2D eigenvalue weighted by Crippen LogP contribution is -2.50. The highest BCUT2D eigenvalue weighted by atomic mass is 16.5. The van der Waals surface area contributed by atoms with Crippen molar-refractivity contribution in [2.45, 2.75) is 31.3 Å². The summed E-state index contributed by atoms with van der Waals surface area (Å²) in [5.74, 6) is 0.134. The van der Waals surface area contributed by atoms with Gasteiger partial charge in [0.1, 0.15) is 11.1 Å². The summed E-state index contributed by atoms with van der Waals surface area (Å²) in [7, 11) is 1.87. The van der Waals surface area contributed by atoms with Crippen LogP contribution >= 0.6 is 0 Å². The number of carbonyl (C=O) groups excluding carboxylic acids is 1. The van der Waals surface area contributed by atoms with Crippen LogP contribution in [0.1, 0.15) is 25.7 Å². The molecule has 8 heteroatoms. The van der Waals surface area contributed by atoms with Crippen molar-refractivity contribution >= 4 is 11.4 Å². The molecule has 0 atom stereocenters. The van der Waals surface area contributed by atoms with Crippen LogP contribution in [0, 0.1) is 5.41 Å². The summed E-state index contributed by atoms with van der Waals surface area (Å²) in [5, 5.41) is 8.55. The van der Waals surface area contributed by atoms with Gasteiger partial charge in [0.05, 0.1) is 24.3 Å². The number of nitrogens with zero attached hydrogens (tertiary/aromatic N) is 5. The predicted octanol–water partition coefficient (Wildman–Crippen LogP) is 1.86. The van der Waals surface area contributed by atoms with Gasteiger partial charge in [-0.05, 0) is 31.7 Å². The van der Waals surface area contributed by atoms with E-state index in [-0.39, 0.29) is 11.0 Å². The van der Waals surface area contributed by atoms with Crippen LogP contribution in [0.2, 0.25) is 0 Å². The molecule has 138 valence electrons. The second kappa shape index (κ2) is 5.18. The zero-order valence-electron chi connectivity index (χ0n) is 15.1. The fraction of sp³-hybridized carbons (Fsp3) is 0.368. The van der Waals surface area contributed by atoms with Gasteiger partial charge in [0, 0.05) is 29.8 Å². The Kier molecular flexibility index (Phi) is 3.08. The van der Waals surface area contributed by atoms with Crippen LogP contribution in [0.4, 0.5) is 0 Å². The fourth-order valence-electron chi connectivity index (χ4n) is 4.62. The summed E-state index contributed by atoms with van der Waals surface area (Å²) in [4.78, 5) is 16.3. The number of fused-ring (bicyclic) bond motifs is 2. The van der Waals surface area contributed by atoms with Gasteiger partial charge in [-0.15, -0.1) is 0 Å². The lowest BCUT2D eigenvalue weighted by molar-refractivity contribution is -0.117. The molecule has 3 aliphatic carbocycles. The second-order valence-corrected chi connectivity index (χ2v) is 7.76. The van der Waals surface area contributed by atoms with E-state index in [1.807, 2.05) is 25.5 Å². The molecule has 2 bridgehead atoms. The molecule has 0 unspecified atom stereocenters. The van der Waals surface area contributed by atoms with Gasteiger partial charge in [-0.1, -0.05) is 6.58 Å². The average Bonchev–Trinajstić information content (AvgIpc) is 3.35. The molecule has 0 saturated heterocycles. The Labute approximate surface area is 155 Å². The normalized spacial score (nSPS) is 26.1. The second-order valence-electron chi connectivity index (χ2n) is 7.76. The third kappa shape index (κ3) is 2.29. The van der Waals surface area contributed by atoms with Crippen molar-refractivity contribution in [3.63, 3.8) is 0 Å². The van der Waals surface area contributed by atoms with E-state index < -0.39 is 5.91 Å². The van der Waals surface area contributed by atoms with Crippen molar-refractivity contribution < 1.29 is 9.53 Å². The van der Waals surface area contributed by atoms with Crippen LogP contribution in [-0.4, -0.2) is 35.9 Å². The fourth-order valence-corrected chi connectivity index (χ4v) is 4.62.